The van der Waals surface area contributed by atoms with Gasteiger partial charge in [0.05, 0.1) is 5.69 Å². The normalized spacial score (nSPS) is 21.1. The van der Waals surface area contributed by atoms with E-state index in [1.165, 1.54) is 0 Å². The number of hydrogen-bond acceptors (Lipinski definition) is 4. The minimum absolute atomic E-state index is 0.0370. The second-order valence-corrected chi connectivity index (χ2v) is 6.67. The number of aromatic nitrogens is 2. The van der Waals surface area contributed by atoms with Gasteiger partial charge in [-0.25, -0.2) is 0 Å². The molecule has 1 aromatic rings. The van der Waals surface area contributed by atoms with Crippen LogP contribution in [0, 0.1) is 20.8 Å². The van der Waals surface area contributed by atoms with Gasteiger partial charge in [-0.1, -0.05) is 0 Å². The first kappa shape index (κ1) is 17.5. The molecule has 1 aliphatic rings. The zero-order valence-electron chi connectivity index (χ0n) is 14.6. The van der Waals surface area contributed by atoms with E-state index in [9.17, 15) is 9.59 Å². The fourth-order valence-electron chi connectivity index (χ4n) is 2.93. The van der Waals surface area contributed by atoms with Gasteiger partial charge in [-0.3, -0.25) is 14.3 Å². The van der Waals surface area contributed by atoms with Crippen molar-refractivity contribution in [2.45, 2.75) is 65.7 Å². The topological polar surface area (TPSA) is 93.2 Å². The molecule has 23 heavy (non-hydrogen) atoms. The summed E-state index contributed by atoms with van der Waals surface area (Å²) < 4.78 is 1.70. The molecule has 2 amide bonds. The number of nitrogens with one attached hydrogen (secondary N) is 1. The maximum Gasteiger partial charge on any atom is 0.245 e. The van der Waals surface area contributed by atoms with Crippen molar-refractivity contribution in [2.24, 2.45) is 5.73 Å². The maximum atomic E-state index is 12.7. The van der Waals surface area contributed by atoms with Crippen LogP contribution in [0.1, 0.15) is 37.2 Å². The molecule has 2 rings (SSSR count). The minimum atomic E-state index is -0.488. The summed E-state index contributed by atoms with van der Waals surface area (Å²) in [5, 5.41) is 7.26. The first-order chi connectivity index (χ1) is 10.7. The smallest absolute Gasteiger partial charge is 0.245 e. The van der Waals surface area contributed by atoms with Gasteiger partial charge in [-0.2, -0.15) is 5.10 Å². The van der Waals surface area contributed by atoms with Crippen LogP contribution in [-0.4, -0.2) is 51.2 Å². The predicted octanol–water partition coefficient (Wildman–Crippen LogP) is 0.261. The van der Waals surface area contributed by atoms with Crippen molar-refractivity contribution in [3.63, 3.8) is 0 Å². The molecule has 1 fully saturated rings. The molecule has 3 N–H and O–H groups in total. The molecule has 128 valence electrons. The van der Waals surface area contributed by atoms with Crippen molar-refractivity contribution in [2.75, 3.05) is 6.54 Å². The first-order valence-electron chi connectivity index (χ1n) is 8.06. The van der Waals surface area contributed by atoms with E-state index in [1.807, 2.05) is 34.6 Å². The Morgan fingerprint density at radius 1 is 1.35 bits per heavy atom. The largest absolute Gasteiger partial charge is 0.352 e. The Kier molecular flexibility index (Phi) is 5.09. The highest BCUT2D eigenvalue weighted by Crippen LogP contribution is 2.19. The lowest BCUT2D eigenvalue weighted by molar-refractivity contribution is -0.139. The number of carbonyl (C=O) groups excluding carboxylic acids is 2. The average Bonchev–Trinajstić information content (AvgIpc) is 2.95. The van der Waals surface area contributed by atoms with Gasteiger partial charge in [-0.05, 0) is 46.6 Å². The Balaban J connectivity index is 2.12. The molecule has 7 nitrogen and oxygen atoms in total. The van der Waals surface area contributed by atoms with Gasteiger partial charge in [0.15, 0.2) is 0 Å². The van der Waals surface area contributed by atoms with Crippen LogP contribution in [0.5, 0.6) is 0 Å². The van der Waals surface area contributed by atoms with E-state index in [2.05, 4.69) is 10.4 Å². The van der Waals surface area contributed by atoms with Crippen LogP contribution in [0.3, 0.4) is 0 Å². The Hall–Kier alpha value is -1.89. The van der Waals surface area contributed by atoms with E-state index >= 15 is 0 Å². The molecular weight excluding hydrogens is 294 g/mol. The standard InChI is InChI=1S/C16H27N5O2/c1-9(2)18-16(23)14-6-13(17)7-20(14)15(22)8-21-12(5)10(3)11(4)19-21/h9,13-14H,6-8,17H2,1-5H3,(H,18,23)/t13-,14-/m0/s1. The molecule has 1 aliphatic heterocycles. The van der Waals surface area contributed by atoms with E-state index in [-0.39, 0.29) is 30.4 Å². The zero-order chi connectivity index (χ0) is 17.3. The van der Waals surface area contributed by atoms with Gasteiger partial charge in [0.2, 0.25) is 11.8 Å². The van der Waals surface area contributed by atoms with Gasteiger partial charge in [-0.15, -0.1) is 0 Å². The summed E-state index contributed by atoms with van der Waals surface area (Å²) in [6.45, 7) is 10.2. The quantitative estimate of drug-likeness (QED) is 0.832. The van der Waals surface area contributed by atoms with Gasteiger partial charge in [0.1, 0.15) is 12.6 Å². The van der Waals surface area contributed by atoms with E-state index in [0.717, 1.165) is 17.0 Å². The van der Waals surface area contributed by atoms with Crippen LogP contribution < -0.4 is 11.1 Å². The van der Waals surface area contributed by atoms with E-state index in [4.69, 9.17) is 5.73 Å². The fourth-order valence-corrected chi connectivity index (χ4v) is 2.93. The van der Waals surface area contributed by atoms with E-state index in [0.29, 0.717) is 13.0 Å². The third-order valence-electron chi connectivity index (χ3n) is 4.42. The Morgan fingerprint density at radius 2 is 2.00 bits per heavy atom. The van der Waals surface area contributed by atoms with Crippen LogP contribution in [0.25, 0.3) is 0 Å². The van der Waals surface area contributed by atoms with Crippen molar-refractivity contribution < 1.29 is 9.59 Å². The zero-order valence-corrected chi connectivity index (χ0v) is 14.6. The lowest BCUT2D eigenvalue weighted by Gasteiger charge is -2.25. The molecule has 0 bridgehead atoms. The van der Waals surface area contributed by atoms with Gasteiger partial charge < -0.3 is 16.0 Å². The monoisotopic (exact) mass is 321 g/mol. The summed E-state index contributed by atoms with van der Waals surface area (Å²) in [4.78, 5) is 26.6. The van der Waals surface area contributed by atoms with Crippen LogP contribution in [0.2, 0.25) is 0 Å². The molecular formula is C16H27N5O2. The maximum absolute atomic E-state index is 12.7. The molecule has 1 saturated heterocycles. The molecule has 0 saturated carbocycles. The molecule has 0 unspecified atom stereocenters. The highest BCUT2D eigenvalue weighted by Gasteiger charge is 2.38. The number of nitrogens with zero attached hydrogens (tertiary/aromatic N) is 3. The van der Waals surface area contributed by atoms with Crippen LogP contribution >= 0.6 is 0 Å². The number of rotatable bonds is 4. The summed E-state index contributed by atoms with van der Waals surface area (Å²) in [5.41, 5.74) is 8.96. The van der Waals surface area contributed by atoms with Crippen molar-refractivity contribution in [1.82, 2.24) is 20.0 Å². The van der Waals surface area contributed by atoms with Crippen LogP contribution in [0.4, 0.5) is 0 Å². The number of amides is 2. The molecule has 0 radical (unpaired) electrons. The van der Waals surface area contributed by atoms with Crippen molar-refractivity contribution >= 4 is 11.8 Å². The first-order valence-corrected chi connectivity index (χ1v) is 8.06. The van der Waals surface area contributed by atoms with Crippen molar-refractivity contribution in [3.05, 3.63) is 17.0 Å². The van der Waals surface area contributed by atoms with E-state index < -0.39 is 6.04 Å². The lowest BCUT2D eigenvalue weighted by Crippen LogP contribution is -2.48. The number of carbonyl (C=O) groups is 2. The minimum Gasteiger partial charge on any atom is -0.352 e. The molecule has 2 heterocycles. The second kappa shape index (κ2) is 6.70. The number of likely N-dealkylation sites (tertiary alicyclic amines) is 1. The summed E-state index contributed by atoms with van der Waals surface area (Å²) in [7, 11) is 0. The van der Waals surface area contributed by atoms with Crippen LogP contribution in [0.15, 0.2) is 0 Å². The molecule has 1 aromatic heterocycles. The molecule has 2 atom stereocenters. The SMILES string of the molecule is Cc1nn(CC(=O)N2C[C@@H](N)C[C@H]2C(=O)NC(C)C)c(C)c1C. The summed E-state index contributed by atoms with van der Waals surface area (Å²) in [5.74, 6) is -0.252. The Morgan fingerprint density at radius 3 is 2.52 bits per heavy atom. The van der Waals surface area contributed by atoms with Crippen molar-refractivity contribution in [3.8, 4) is 0 Å². The van der Waals surface area contributed by atoms with E-state index in [1.54, 1.807) is 9.58 Å². The predicted molar refractivity (Wildman–Crippen MR) is 87.8 cm³/mol. The summed E-state index contributed by atoms with van der Waals surface area (Å²) >= 11 is 0. The molecule has 0 aliphatic carbocycles. The van der Waals surface area contributed by atoms with Gasteiger partial charge in [0.25, 0.3) is 0 Å². The molecule has 0 spiro atoms. The number of aryl methyl sites for hydroxylation is 1. The Labute approximate surface area is 137 Å². The fraction of sp³-hybridized carbons (Fsp3) is 0.688. The molecule has 7 heteroatoms. The second-order valence-electron chi connectivity index (χ2n) is 6.67. The third kappa shape index (κ3) is 3.72. The highest BCUT2D eigenvalue weighted by molar-refractivity contribution is 5.88. The number of hydrogen-bond donors (Lipinski definition) is 2. The van der Waals surface area contributed by atoms with Gasteiger partial charge >= 0.3 is 0 Å². The average molecular weight is 321 g/mol. The summed E-state index contributed by atoms with van der Waals surface area (Å²) in [6, 6.07) is -0.614. The van der Waals surface area contributed by atoms with Crippen LogP contribution in [-0.2, 0) is 16.1 Å². The third-order valence-corrected chi connectivity index (χ3v) is 4.42. The Bertz CT molecular complexity index is 608. The number of nitrogens with two attached hydrogens (primary N) is 1. The molecule has 0 aromatic carbocycles. The summed E-state index contributed by atoms with van der Waals surface area (Å²) in [6.07, 6.45) is 0.500. The lowest BCUT2D eigenvalue weighted by atomic mass is 10.1. The van der Waals surface area contributed by atoms with Gasteiger partial charge in [0, 0.05) is 24.3 Å². The van der Waals surface area contributed by atoms with Crippen molar-refractivity contribution in [1.29, 1.82) is 0 Å². The highest BCUT2D eigenvalue weighted by atomic mass is 16.2.